The van der Waals surface area contributed by atoms with Gasteiger partial charge in [0.15, 0.2) is 23.1 Å². The number of nitrogens with two attached hydrogens (primary N) is 1. The summed E-state index contributed by atoms with van der Waals surface area (Å²) in [7, 11) is 1.46. The van der Waals surface area contributed by atoms with Gasteiger partial charge in [-0.1, -0.05) is 16.8 Å². The molecular weight excluding hydrogens is 244 g/mol. The molecule has 0 radical (unpaired) electrons. The smallest absolute Gasteiger partial charge is 0.174 e. The lowest BCUT2D eigenvalue weighted by molar-refractivity contribution is 0.371. The number of aryl methyl sites for hydroxylation is 1. The number of nitrogen functional groups attached to an aromatic ring is 1. The van der Waals surface area contributed by atoms with Gasteiger partial charge in [-0.2, -0.15) is 0 Å². The molecule has 0 aliphatic carbocycles. The van der Waals surface area contributed by atoms with Crippen LogP contribution in [0.5, 0.6) is 11.5 Å². The van der Waals surface area contributed by atoms with Crippen LogP contribution in [0.3, 0.4) is 0 Å². The molecule has 0 aliphatic rings. The van der Waals surface area contributed by atoms with Crippen LogP contribution in [0.4, 0.5) is 5.82 Å². The third-order valence-electron chi connectivity index (χ3n) is 2.38. The predicted molar refractivity (Wildman–Crippen MR) is 64.3 cm³/mol. The van der Waals surface area contributed by atoms with Gasteiger partial charge in [0, 0.05) is 6.07 Å². The van der Waals surface area contributed by atoms with Gasteiger partial charge in [0.1, 0.15) is 0 Å². The van der Waals surface area contributed by atoms with Gasteiger partial charge in [-0.25, -0.2) is 0 Å². The van der Waals surface area contributed by atoms with Gasteiger partial charge in [-0.3, -0.25) is 0 Å². The number of ether oxygens (including phenoxy) is 1. The molecule has 5 nitrogen and oxygen atoms in total. The monoisotopic (exact) mass is 254 g/mol. The third-order valence-corrected chi connectivity index (χ3v) is 2.87. The summed E-state index contributed by atoms with van der Waals surface area (Å²) in [6, 6.07) is 3.13. The Bertz CT molecular complexity index is 566. The molecular formula is C11H11ClN2O3. The maximum atomic E-state index is 10.0. The minimum absolute atomic E-state index is 0.0979. The first kappa shape index (κ1) is 11.6. The van der Waals surface area contributed by atoms with Crippen molar-refractivity contribution in [3.05, 3.63) is 22.7 Å². The summed E-state index contributed by atoms with van der Waals surface area (Å²) in [5, 5.41) is 13.9. The zero-order chi connectivity index (χ0) is 12.6. The molecule has 1 heterocycles. The topological polar surface area (TPSA) is 81.5 Å². The van der Waals surface area contributed by atoms with Gasteiger partial charge in [0.05, 0.1) is 17.7 Å². The van der Waals surface area contributed by atoms with Gasteiger partial charge >= 0.3 is 0 Å². The van der Waals surface area contributed by atoms with E-state index in [-0.39, 0.29) is 11.6 Å². The number of rotatable bonds is 2. The standard InChI is InChI=1S/C11H11ClN2O3/c1-5-3-7(16-2)11(15)9(10(5)12)6-4-8(13)14-17-6/h3-4,15H,1-2H3,(H2,13,14). The van der Waals surface area contributed by atoms with Gasteiger partial charge in [0.25, 0.3) is 0 Å². The fourth-order valence-corrected chi connectivity index (χ4v) is 1.78. The van der Waals surface area contributed by atoms with Crippen LogP contribution in [-0.4, -0.2) is 17.4 Å². The van der Waals surface area contributed by atoms with Crippen molar-refractivity contribution in [2.75, 3.05) is 12.8 Å². The molecule has 0 fully saturated rings. The summed E-state index contributed by atoms with van der Waals surface area (Å²) < 4.78 is 10.0. The van der Waals surface area contributed by atoms with E-state index in [0.29, 0.717) is 22.1 Å². The van der Waals surface area contributed by atoms with E-state index in [1.807, 2.05) is 0 Å². The van der Waals surface area contributed by atoms with E-state index < -0.39 is 0 Å². The Hall–Kier alpha value is -1.88. The highest BCUT2D eigenvalue weighted by atomic mass is 35.5. The fraction of sp³-hybridized carbons (Fsp3) is 0.182. The number of hydrogen-bond donors (Lipinski definition) is 2. The second kappa shape index (κ2) is 4.18. The van der Waals surface area contributed by atoms with Crippen LogP contribution in [0.1, 0.15) is 5.56 Å². The van der Waals surface area contributed by atoms with Crippen molar-refractivity contribution in [3.63, 3.8) is 0 Å². The summed E-state index contributed by atoms with van der Waals surface area (Å²) in [5.74, 6) is 0.735. The highest BCUT2D eigenvalue weighted by Gasteiger charge is 2.20. The van der Waals surface area contributed by atoms with Crippen LogP contribution in [-0.2, 0) is 0 Å². The Morgan fingerprint density at radius 2 is 2.18 bits per heavy atom. The average Bonchev–Trinajstić information content (AvgIpc) is 2.70. The van der Waals surface area contributed by atoms with Crippen molar-refractivity contribution in [3.8, 4) is 22.8 Å². The van der Waals surface area contributed by atoms with Gasteiger partial charge < -0.3 is 20.1 Å². The second-order valence-corrected chi connectivity index (χ2v) is 3.93. The van der Waals surface area contributed by atoms with Gasteiger partial charge in [-0.05, 0) is 18.6 Å². The highest BCUT2D eigenvalue weighted by Crippen LogP contribution is 2.44. The molecule has 0 saturated heterocycles. The second-order valence-electron chi connectivity index (χ2n) is 3.55. The number of phenolic OH excluding ortho intramolecular Hbond substituents is 1. The van der Waals surface area contributed by atoms with E-state index in [1.54, 1.807) is 13.0 Å². The average molecular weight is 255 g/mol. The molecule has 1 aromatic heterocycles. The lowest BCUT2D eigenvalue weighted by Crippen LogP contribution is -1.90. The maximum absolute atomic E-state index is 10.0. The molecule has 0 bridgehead atoms. The van der Waals surface area contributed by atoms with Crippen LogP contribution < -0.4 is 10.5 Å². The molecule has 0 unspecified atom stereocenters. The lowest BCUT2D eigenvalue weighted by atomic mass is 10.1. The number of nitrogens with zero attached hydrogens (tertiary/aromatic N) is 1. The van der Waals surface area contributed by atoms with E-state index in [0.717, 1.165) is 5.56 Å². The van der Waals surface area contributed by atoms with E-state index >= 15 is 0 Å². The number of phenols is 1. The fourth-order valence-electron chi connectivity index (χ4n) is 1.54. The molecule has 2 aromatic rings. The van der Waals surface area contributed by atoms with Crippen molar-refractivity contribution < 1.29 is 14.4 Å². The molecule has 2 rings (SSSR count). The number of anilines is 1. The zero-order valence-corrected chi connectivity index (χ0v) is 10.1. The number of aromatic hydroxyl groups is 1. The van der Waals surface area contributed by atoms with Crippen molar-refractivity contribution in [1.82, 2.24) is 5.16 Å². The molecule has 0 spiro atoms. The van der Waals surface area contributed by atoms with Crippen LogP contribution in [0.15, 0.2) is 16.7 Å². The number of methoxy groups -OCH3 is 1. The number of halogens is 1. The van der Waals surface area contributed by atoms with Crippen LogP contribution in [0, 0.1) is 6.92 Å². The summed E-state index contributed by atoms with van der Waals surface area (Å²) >= 11 is 6.13. The van der Waals surface area contributed by atoms with Crippen molar-refractivity contribution in [2.45, 2.75) is 6.92 Å². The highest BCUT2D eigenvalue weighted by molar-refractivity contribution is 6.34. The number of benzene rings is 1. The first-order valence-electron chi connectivity index (χ1n) is 4.83. The predicted octanol–water partition coefficient (Wildman–Crippen LogP) is 2.60. The Labute approximate surface area is 103 Å². The molecule has 0 aliphatic heterocycles. The summed E-state index contributed by atoms with van der Waals surface area (Å²) in [5.41, 5.74) is 6.55. The Morgan fingerprint density at radius 3 is 2.71 bits per heavy atom. The summed E-state index contributed by atoms with van der Waals surface area (Å²) in [6.07, 6.45) is 0. The quantitative estimate of drug-likeness (QED) is 0.861. The third kappa shape index (κ3) is 1.89. The number of hydrogen-bond acceptors (Lipinski definition) is 5. The molecule has 0 atom stereocenters. The zero-order valence-electron chi connectivity index (χ0n) is 9.32. The molecule has 3 N–H and O–H groups in total. The molecule has 6 heteroatoms. The summed E-state index contributed by atoms with van der Waals surface area (Å²) in [4.78, 5) is 0. The van der Waals surface area contributed by atoms with E-state index in [9.17, 15) is 5.11 Å². The molecule has 17 heavy (non-hydrogen) atoms. The number of aromatic nitrogens is 1. The normalized spacial score (nSPS) is 10.5. The van der Waals surface area contributed by atoms with Crippen molar-refractivity contribution in [2.24, 2.45) is 0 Å². The minimum atomic E-state index is -0.0979. The summed E-state index contributed by atoms with van der Waals surface area (Å²) in [6.45, 7) is 1.80. The maximum Gasteiger partial charge on any atom is 0.174 e. The first-order chi connectivity index (χ1) is 8.04. The van der Waals surface area contributed by atoms with Crippen LogP contribution in [0.25, 0.3) is 11.3 Å². The van der Waals surface area contributed by atoms with Crippen LogP contribution >= 0.6 is 11.6 Å². The molecule has 0 saturated carbocycles. The Kier molecular flexibility index (Phi) is 2.85. The van der Waals surface area contributed by atoms with Crippen molar-refractivity contribution in [1.29, 1.82) is 0 Å². The van der Waals surface area contributed by atoms with E-state index in [2.05, 4.69) is 5.16 Å². The SMILES string of the molecule is COc1cc(C)c(Cl)c(-c2cc(N)no2)c1O. The van der Waals surface area contributed by atoms with E-state index in [4.69, 9.17) is 26.6 Å². The minimum Gasteiger partial charge on any atom is -0.504 e. The van der Waals surface area contributed by atoms with E-state index in [1.165, 1.54) is 13.2 Å². The first-order valence-corrected chi connectivity index (χ1v) is 5.21. The van der Waals surface area contributed by atoms with Crippen molar-refractivity contribution >= 4 is 17.4 Å². The Balaban J connectivity index is 2.71. The van der Waals surface area contributed by atoms with Gasteiger partial charge in [0.2, 0.25) is 0 Å². The molecule has 90 valence electrons. The molecule has 0 amide bonds. The lowest BCUT2D eigenvalue weighted by Gasteiger charge is -2.10. The Morgan fingerprint density at radius 1 is 1.47 bits per heavy atom. The largest absolute Gasteiger partial charge is 0.504 e. The molecule has 1 aromatic carbocycles. The van der Waals surface area contributed by atoms with Crippen LogP contribution in [0.2, 0.25) is 5.02 Å². The van der Waals surface area contributed by atoms with Gasteiger partial charge in [-0.15, -0.1) is 0 Å².